The number of amides is 1. The van der Waals surface area contributed by atoms with Gasteiger partial charge in [0.15, 0.2) is 0 Å². The lowest BCUT2D eigenvalue weighted by atomic mass is 10.2. The molecule has 0 bridgehead atoms. The number of nitrogens with one attached hydrogen (secondary N) is 1. The number of hydrogen-bond donors (Lipinski definition) is 1. The van der Waals surface area contributed by atoms with Crippen molar-refractivity contribution in [3.05, 3.63) is 58.0 Å². The standard InChI is InChI=1S/C14H15N3O2/c1-10-3-6-12(7-4-10)15-13(18)9-17-14(19)8-5-11(2)16-17/h3-8H,9H2,1-2H3,(H,15,18). The molecule has 1 amide bonds. The molecule has 19 heavy (non-hydrogen) atoms. The van der Waals surface area contributed by atoms with Crippen molar-refractivity contribution in [2.45, 2.75) is 20.4 Å². The van der Waals surface area contributed by atoms with Crippen molar-refractivity contribution in [2.24, 2.45) is 0 Å². The zero-order valence-corrected chi connectivity index (χ0v) is 10.9. The number of aryl methyl sites for hydroxylation is 2. The third kappa shape index (κ3) is 3.51. The Labute approximate surface area is 110 Å². The fraction of sp³-hybridized carbons (Fsp3) is 0.214. The van der Waals surface area contributed by atoms with E-state index in [4.69, 9.17) is 0 Å². The van der Waals surface area contributed by atoms with Crippen LogP contribution in [-0.2, 0) is 11.3 Å². The Morgan fingerprint density at radius 2 is 1.84 bits per heavy atom. The van der Waals surface area contributed by atoms with E-state index in [0.29, 0.717) is 11.4 Å². The average Bonchev–Trinajstić information content (AvgIpc) is 2.37. The van der Waals surface area contributed by atoms with Gasteiger partial charge in [0.25, 0.3) is 5.56 Å². The van der Waals surface area contributed by atoms with E-state index in [1.165, 1.54) is 6.07 Å². The van der Waals surface area contributed by atoms with E-state index in [9.17, 15) is 9.59 Å². The van der Waals surface area contributed by atoms with Gasteiger partial charge in [0.1, 0.15) is 6.54 Å². The summed E-state index contributed by atoms with van der Waals surface area (Å²) < 4.78 is 1.15. The fourth-order valence-electron chi connectivity index (χ4n) is 1.64. The first-order valence-electron chi connectivity index (χ1n) is 5.96. The monoisotopic (exact) mass is 257 g/mol. The first-order valence-corrected chi connectivity index (χ1v) is 5.96. The van der Waals surface area contributed by atoms with Crippen LogP contribution in [-0.4, -0.2) is 15.7 Å². The molecule has 1 N–H and O–H groups in total. The number of aromatic nitrogens is 2. The summed E-state index contributed by atoms with van der Waals surface area (Å²) in [5, 5.41) is 6.74. The molecule has 2 aromatic rings. The lowest BCUT2D eigenvalue weighted by molar-refractivity contribution is -0.117. The molecule has 0 fully saturated rings. The molecule has 5 heteroatoms. The second-order valence-electron chi connectivity index (χ2n) is 4.38. The number of nitrogens with zero attached hydrogens (tertiary/aromatic N) is 2. The van der Waals surface area contributed by atoms with Gasteiger partial charge >= 0.3 is 0 Å². The Hall–Kier alpha value is -2.43. The Balaban J connectivity index is 2.07. The molecule has 98 valence electrons. The van der Waals surface area contributed by atoms with E-state index < -0.39 is 0 Å². The van der Waals surface area contributed by atoms with Crippen molar-refractivity contribution in [3.63, 3.8) is 0 Å². The minimum absolute atomic E-state index is 0.0889. The lowest BCUT2D eigenvalue weighted by Crippen LogP contribution is -2.29. The van der Waals surface area contributed by atoms with Crippen molar-refractivity contribution in [2.75, 3.05) is 5.32 Å². The molecule has 0 saturated carbocycles. The minimum Gasteiger partial charge on any atom is -0.324 e. The molecular weight excluding hydrogens is 242 g/mol. The van der Waals surface area contributed by atoms with Gasteiger partial charge < -0.3 is 5.32 Å². The molecule has 1 aromatic heterocycles. The Morgan fingerprint density at radius 1 is 1.16 bits per heavy atom. The van der Waals surface area contributed by atoms with E-state index in [2.05, 4.69) is 10.4 Å². The third-order valence-corrected chi connectivity index (χ3v) is 2.63. The number of carbonyl (C=O) groups excluding carboxylic acids is 1. The van der Waals surface area contributed by atoms with Crippen LogP contribution in [0.25, 0.3) is 0 Å². The number of carbonyl (C=O) groups is 1. The van der Waals surface area contributed by atoms with Gasteiger partial charge in [-0.15, -0.1) is 0 Å². The van der Waals surface area contributed by atoms with Crippen molar-refractivity contribution in [1.82, 2.24) is 9.78 Å². The minimum atomic E-state index is -0.287. The normalized spacial score (nSPS) is 10.2. The van der Waals surface area contributed by atoms with Crippen LogP contribution >= 0.6 is 0 Å². The predicted octanol–water partition coefficient (Wildman–Crippen LogP) is 1.50. The van der Waals surface area contributed by atoms with E-state index in [0.717, 1.165) is 10.2 Å². The van der Waals surface area contributed by atoms with Crippen LogP contribution in [0.2, 0.25) is 0 Å². The number of rotatable bonds is 3. The van der Waals surface area contributed by atoms with Gasteiger partial charge in [-0.1, -0.05) is 17.7 Å². The summed E-state index contributed by atoms with van der Waals surface area (Å²) in [6.07, 6.45) is 0. The van der Waals surface area contributed by atoms with Gasteiger partial charge in [0, 0.05) is 11.8 Å². The summed E-state index contributed by atoms with van der Waals surface area (Å²) in [6.45, 7) is 3.66. The second-order valence-corrected chi connectivity index (χ2v) is 4.38. The molecule has 1 heterocycles. The molecule has 5 nitrogen and oxygen atoms in total. The van der Waals surface area contributed by atoms with Crippen molar-refractivity contribution < 1.29 is 4.79 Å². The molecule has 0 aliphatic rings. The fourth-order valence-corrected chi connectivity index (χ4v) is 1.64. The molecule has 0 aliphatic carbocycles. The average molecular weight is 257 g/mol. The van der Waals surface area contributed by atoms with E-state index in [-0.39, 0.29) is 18.0 Å². The highest BCUT2D eigenvalue weighted by atomic mass is 16.2. The van der Waals surface area contributed by atoms with Crippen molar-refractivity contribution in [1.29, 1.82) is 0 Å². The SMILES string of the molecule is Cc1ccc(NC(=O)Cn2nc(C)ccc2=O)cc1. The van der Waals surface area contributed by atoms with Crippen LogP contribution in [0.15, 0.2) is 41.2 Å². The van der Waals surface area contributed by atoms with Gasteiger partial charge in [-0.2, -0.15) is 5.10 Å². The maximum Gasteiger partial charge on any atom is 0.267 e. The first kappa shape index (κ1) is 13.0. The van der Waals surface area contributed by atoms with Crippen LogP contribution in [0.4, 0.5) is 5.69 Å². The Kier molecular flexibility index (Phi) is 3.75. The molecule has 0 saturated heterocycles. The topological polar surface area (TPSA) is 64.0 Å². The summed E-state index contributed by atoms with van der Waals surface area (Å²) >= 11 is 0. The number of hydrogen-bond acceptors (Lipinski definition) is 3. The van der Waals surface area contributed by atoms with Crippen LogP contribution in [0, 0.1) is 13.8 Å². The molecule has 2 rings (SSSR count). The maximum atomic E-state index is 11.8. The van der Waals surface area contributed by atoms with Gasteiger partial charge in [0.2, 0.25) is 5.91 Å². The zero-order chi connectivity index (χ0) is 13.8. The molecule has 0 atom stereocenters. The smallest absolute Gasteiger partial charge is 0.267 e. The summed E-state index contributed by atoms with van der Waals surface area (Å²) in [4.78, 5) is 23.3. The van der Waals surface area contributed by atoms with Gasteiger partial charge in [-0.3, -0.25) is 9.59 Å². The zero-order valence-electron chi connectivity index (χ0n) is 10.9. The summed E-state index contributed by atoms with van der Waals surface area (Å²) in [6, 6.07) is 10.5. The Bertz CT molecular complexity index is 644. The molecular formula is C14H15N3O2. The molecule has 1 aromatic carbocycles. The highest BCUT2D eigenvalue weighted by molar-refractivity contribution is 5.90. The highest BCUT2D eigenvalue weighted by Crippen LogP contribution is 2.08. The lowest BCUT2D eigenvalue weighted by Gasteiger charge is -2.07. The molecule has 0 spiro atoms. The molecule has 0 radical (unpaired) electrons. The largest absolute Gasteiger partial charge is 0.324 e. The number of anilines is 1. The first-order chi connectivity index (χ1) is 9.04. The number of benzene rings is 1. The van der Waals surface area contributed by atoms with Gasteiger partial charge in [-0.05, 0) is 32.0 Å². The third-order valence-electron chi connectivity index (χ3n) is 2.63. The van der Waals surface area contributed by atoms with Crippen LogP contribution in [0.1, 0.15) is 11.3 Å². The van der Waals surface area contributed by atoms with Gasteiger partial charge in [-0.25, -0.2) is 4.68 Å². The van der Waals surface area contributed by atoms with Crippen molar-refractivity contribution >= 4 is 11.6 Å². The molecule has 0 aliphatic heterocycles. The van der Waals surface area contributed by atoms with Crippen molar-refractivity contribution in [3.8, 4) is 0 Å². The summed E-state index contributed by atoms with van der Waals surface area (Å²) in [5.41, 5.74) is 2.23. The van der Waals surface area contributed by atoms with Gasteiger partial charge in [0.05, 0.1) is 5.69 Å². The van der Waals surface area contributed by atoms with E-state index >= 15 is 0 Å². The second kappa shape index (κ2) is 5.48. The highest BCUT2D eigenvalue weighted by Gasteiger charge is 2.06. The summed E-state index contributed by atoms with van der Waals surface area (Å²) in [7, 11) is 0. The van der Waals surface area contributed by atoms with E-state index in [1.807, 2.05) is 31.2 Å². The van der Waals surface area contributed by atoms with Crippen LogP contribution in [0.3, 0.4) is 0 Å². The van der Waals surface area contributed by atoms with Crippen LogP contribution < -0.4 is 10.9 Å². The quantitative estimate of drug-likeness (QED) is 0.906. The Morgan fingerprint density at radius 3 is 2.53 bits per heavy atom. The van der Waals surface area contributed by atoms with E-state index in [1.54, 1.807) is 13.0 Å². The van der Waals surface area contributed by atoms with Crippen LogP contribution in [0.5, 0.6) is 0 Å². The molecule has 0 unspecified atom stereocenters. The summed E-state index contributed by atoms with van der Waals surface area (Å²) in [5.74, 6) is -0.274. The maximum absolute atomic E-state index is 11.8. The predicted molar refractivity (Wildman–Crippen MR) is 73.0 cm³/mol.